The molecule has 1 heterocycles. The molecular formula is C14H13N3O4. The number of nitro benzene ring substituents is 1. The lowest BCUT2D eigenvalue weighted by atomic mass is 10.2. The van der Waals surface area contributed by atoms with Crippen molar-refractivity contribution in [2.45, 2.75) is 0 Å². The van der Waals surface area contributed by atoms with Crippen LogP contribution in [0, 0.1) is 10.1 Å². The number of non-ortho nitro benzene ring substituents is 1. The van der Waals surface area contributed by atoms with Crippen LogP contribution in [0.5, 0.6) is 11.8 Å². The smallest absolute Gasteiger partial charge is 0.316 e. The summed E-state index contributed by atoms with van der Waals surface area (Å²) in [5, 5.41) is 10.6. The molecule has 0 atom stereocenters. The third-order valence-electron chi connectivity index (χ3n) is 2.70. The molecule has 1 aromatic heterocycles. The van der Waals surface area contributed by atoms with Gasteiger partial charge in [0.2, 0.25) is 0 Å². The van der Waals surface area contributed by atoms with E-state index in [4.69, 9.17) is 9.47 Å². The van der Waals surface area contributed by atoms with Gasteiger partial charge >= 0.3 is 6.01 Å². The van der Waals surface area contributed by atoms with E-state index in [-0.39, 0.29) is 11.7 Å². The molecule has 0 bridgehead atoms. The summed E-state index contributed by atoms with van der Waals surface area (Å²) in [6.45, 7) is 0. The molecule has 0 aliphatic heterocycles. The Hall–Kier alpha value is -2.96. The molecule has 21 heavy (non-hydrogen) atoms. The van der Waals surface area contributed by atoms with E-state index in [1.807, 2.05) is 0 Å². The van der Waals surface area contributed by atoms with Crippen LogP contribution < -0.4 is 9.47 Å². The molecule has 108 valence electrons. The minimum absolute atomic E-state index is 0.0495. The molecule has 0 fully saturated rings. The second kappa shape index (κ2) is 6.47. The first kappa shape index (κ1) is 14.4. The van der Waals surface area contributed by atoms with Gasteiger partial charge in [-0.15, -0.1) is 0 Å². The predicted molar refractivity (Wildman–Crippen MR) is 77.2 cm³/mol. The number of nitro groups is 1. The third kappa shape index (κ3) is 3.53. The van der Waals surface area contributed by atoms with Crippen molar-refractivity contribution in [3.63, 3.8) is 0 Å². The van der Waals surface area contributed by atoms with Crippen molar-refractivity contribution in [1.82, 2.24) is 9.97 Å². The molecule has 0 unspecified atom stereocenters. The lowest BCUT2D eigenvalue weighted by Crippen LogP contribution is -1.96. The maximum absolute atomic E-state index is 10.6. The van der Waals surface area contributed by atoms with Crippen LogP contribution in [-0.2, 0) is 0 Å². The highest BCUT2D eigenvalue weighted by atomic mass is 16.6. The van der Waals surface area contributed by atoms with Crippen LogP contribution in [0.3, 0.4) is 0 Å². The Labute approximate surface area is 121 Å². The molecule has 2 rings (SSSR count). The fourth-order valence-electron chi connectivity index (χ4n) is 1.62. The van der Waals surface area contributed by atoms with Crippen LogP contribution in [0.1, 0.15) is 11.3 Å². The number of rotatable bonds is 5. The van der Waals surface area contributed by atoms with Gasteiger partial charge in [0.25, 0.3) is 5.69 Å². The van der Waals surface area contributed by atoms with Crippen molar-refractivity contribution >= 4 is 17.8 Å². The Kier molecular flexibility index (Phi) is 4.45. The van der Waals surface area contributed by atoms with Gasteiger partial charge in [-0.3, -0.25) is 10.1 Å². The molecule has 0 amide bonds. The number of methoxy groups -OCH3 is 2. The van der Waals surface area contributed by atoms with Gasteiger partial charge in [0.05, 0.1) is 25.3 Å². The van der Waals surface area contributed by atoms with E-state index in [9.17, 15) is 10.1 Å². The number of aromatic nitrogens is 2. The van der Waals surface area contributed by atoms with Gasteiger partial charge in [-0.1, -0.05) is 6.08 Å². The molecule has 0 aliphatic carbocycles. The van der Waals surface area contributed by atoms with Crippen molar-refractivity contribution in [1.29, 1.82) is 0 Å². The summed E-state index contributed by atoms with van der Waals surface area (Å²) >= 11 is 0. The second-order valence-electron chi connectivity index (χ2n) is 3.99. The quantitative estimate of drug-likeness (QED) is 0.620. The van der Waals surface area contributed by atoms with E-state index in [1.165, 1.54) is 32.5 Å². The number of benzene rings is 1. The zero-order valence-corrected chi connectivity index (χ0v) is 11.5. The molecule has 0 spiro atoms. The maximum Gasteiger partial charge on any atom is 0.316 e. The minimum atomic E-state index is -0.439. The van der Waals surface area contributed by atoms with Gasteiger partial charge < -0.3 is 9.47 Å². The van der Waals surface area contributed by atoms with Crippen molar-refractivity contribution < 1.29 is 14.4 Å². The van der Waals surface area contributed by atoms with E-state index >= 15 is 0 Å². The van der Waals surface area contributed by atoms with E-state index in [0.29, 0.717) is 11.4 Å². The van der Waals surface area contributed by atoms with Crippen LogP contribution in [-0.4, -0.2) is 29.1 Å². The second-order valence-corrected chi connectivity index (χ2v) is 3.99. The zero-order valence-electron chi connectivity index (χ0n) is 11.5. The lowest BCUT2D eigenvalue weighted by molar-refractivity contribution is -0.384. The van der Waals surface area contributed by atoms with Crippen LogP contribution in [0.2, 0.25) is 0 Å². The molecule has 0 aliphatic rings. The lowest BCUT2D eigenvalue weighted by Gasteiger charge is -2.04. The highest BCUT2D eigenvalue weighted by Crippen LogP contribution is 2.20. The molecule has 7 heteroatoms. The van der Waals surface area contributed by atoms with E-state index < -0.39 is 4.92 Å². The average molecular weight is 287 g/mol. The average Bonchev–Trinajstić information content (AvgIpc) is 2.52. The maximum atomic E-state index is 10.6. The van der Waals surface area contributed by atoms with Gasteiger partial charge in [-0.25, -0.2) is 0 Å². The van der Waals surface area contributed by atoms with Crippen LogP contribution in [0.25, 0.3) is 12.2 Å². The topological polar surface area (TPSA) is 87.4 Å². The van der Waals surface area contributed by atoms with Crippen molar-refractivity contribution in [2.24, 2.45) is 0 Å². The number of nitrogens with zero attached hydrogens (tertiary/aromatic N) is 3. The van der Waals surface area contributed by atoms with Crippen LogP contribution >= 0.6 is 0 Å². The normalized spacial score (nSPS) is 10.6. The Bertz CT molecular complexity index is 668. The Balaban J connectivity index is 2.25. The first-order chi connectivity index (χ1) is 10.1. The summed E-state index contributed by atoms with van der Waals surface area (Å²) in [5.74, 6) is 0.508. The predicted octanol–water partition coefficient (Wildman–Crippen LogP) is 2.57. The van der Waals surface area contributed by atoms with Crippen LogP contribution in [0.15, 0.2) is 30.5 Å². The molecular weight excluding hydrogens is 274 g/mol. The Morgan fingerprint density at radius 3 is 2.43 bits per heavy atom. The SMILES string of the molecule is COc1ncc(OC)c(/C=C/c2ccc([N+](=O)[O-])cc2)n1. The summed E-state index contributed by atoms with van der Waals surface area (Å²) in [7, 11) is 3.00. The first-order valence-corrected chi connectivity index (χ1v) is 6.01. The zero-order chi connectivity index (χ0) is 15.2. The largest absolute Gasteiger partial charge is 0.493 e. The molecule has 0 saturated carbocycles. The van der Waals surface area contributed by atoms with Gasteiger partial charge in [-0.2, -0.15) is 9.97 Å². The first-order valence-electron chi connectivity index (χ1n) is 6.01. The summed E-state index contributed by atoms with van der Waals surface area (Å²) in [4.78, 5) is 18.3. The minimum Gasteiger partial charge on any atom is -0.493 e. The molecule has 1 aromatic carbocycles. The van der Waals surface area contributed by atoms with E-state index in [0.717, 1.165) is 5.56 Å². The highest BCUT2D eigenvalue weighted by molar-refractivity contribution is 5.70. The Morgan fingerprint density at radius 2 is 1.86 bits per heavy atom. The highest BCUT2D eigenvalue weighted by Gasteiger charge is 2.06. The van der Waals surface area contributed by atoms with Gasteiger partial charge in [-0.05, 0) is 23.8 Å². The summed E-state index contributed by atoms with van der Waals surface area (Å²) < 4.78 is 10.1. The van der Waals surface area contributed by atoms with Crippen molar-refractivity contribution in [3.05, 3.63) is 51.8 Å². The van der Waals surface area contributed by atoms with Crippen LogP contribution in [0.4, 0.5) is 5.69 Å². The number of ether oxygens (including phenoxy) is 2. The standard InChI is InChI=1S/C14H13N3O4/c1-20-13-9-15-14(21-2)16-12(13)8-5-10-3-6-11(7-4-10)17(18)19/h3-9H,1-2H3/b8-5+. The van der Waals surface area contributed by atoms with E-state index in [2.05, 4.69) is 9.97 Å². The summed E-state index contributed by atoms with van der Waals surface area (Å²) in [6, 6.07) is 6.42. The monoisotopic (exact) mass is 287 g/mol. The van der Waals surface area contributed by atoms with Crippen molar-refractivity contribution in [2.75, 3.05) is 14.2 Å². The summed E-state index contributed by atoms with van der Waals surface area (Å²) in [6.07, 6.45) is 5.01. The molecule has 2 aromatic rings. The number of hydrogen-bond donors (Lipinski definition) is 0. The molecule has 0 saturated heterocycles. The van der Waals surface area contributed by atoms with Gasteiger partial charge in [0.1, 0.15) is 5.69 Å². The molecule has 0 N–H and O–H groups in total. The number of hydrogen-bond acceptors (Lipinski definition) is 6. The third-order valence-corrected chi connectivity index (χ3v) is 2.70. The van der Waals surface area contributed by atoms with E-state index in [1.54, 1.807) is 24.3 Å². The van der Waals surface area contributed by atoms with Gasteiger partial charge in [0.15, 0.2) is 5.75 Å². The van der Waals surface area contributed by atoms with Gasteiger partial charge in [0, 0.05) is 12.1 Å². The fourth-order valence-corrected chi connectivity index (χ4v) is 1.62. The Morgan fingerprint density at radius 1 is 1.14 bits per heavy atom. The summed E-state index contributed by atoms with van der Waals surface area (Å²) in [5.41, 5.74) is 1.41. The fraction of sp³-hybridized carbons (Fsp3) is 0.143. The molecule has 0 radical (unpaired) electrons. The van der Waals surface area contributed by atoms with Crippen molar-refractivity contribution in [3.8, 4) is 11.8 Å². The molecule has 7 nitrogen and oxygen atoms in total.